The zero-order chi connectivity index (χ0) is 24.2. The average Bonchev–Trinajstić information content (AvgIpc) is 2.72. The quantitative estimate of drug-likeness (QED) is 0.506. The van der Waals surface area contributed by atoms with Gasteiger partial charge in [0.2, 0.25) is 11.9 Å². The first kappa shape index (κ1) is 23.9. The molecule has 0 unspecified atom stereocenters. The maximum Gasteiger partial charge on any atom is 0.311 e. The van der Waals surface area contributed by atoms with Crippen LogP contribution < -0.4 is 10.6 Å². The van der Waals surface area contributed by atoms with E-state index in [1.165, 1.54) is 25.4 Å². The summed E-state index contributed by atoms with van der Waals surface area (Å²) in [6, 6.07) is 7.88. The molecule has 0 saturated heterocycles. The van der Waals surface area contributed by atoms with Crippen molar-refractivity contribution < 1.29 is 18.3 Å². The number of pyridine rings is 2. The van der Waals surface area contributed by atoms with Crippen LogP contribution in [0.5, 0.6) is 0 Å². The first-order valence-electron chi connectivity index (χ1n) is 10.1. The molecule has 174 valence electrons. The minimum Gasteiger partial charge on any atom is -0.469 e. The number of rotatable bonds is 7. The van der Waals surface area contributed by atoms with Gasteiger partial charge in [0.1, 0.15) is 11.4 Å². The largest absolute Gasteiger partial charge is 0.469 e. The lowest BCUT2D eigenvalue weighted by molar-refractivity contribution is -0.139. The number of carbonyl (C=O) groups excluding carboxylic acids is 1. The number of ether oxygens (including phenoxy) is 1. The number of alkyl halides is 2. The third-order valence-electron chi connectivity index (χ3n) is 4.18. The molecule has 3 rings (SSSR count). The van der Waals surface area contributed by atoms with Crippen LogP contribution in [0.15, 0.2) is 36.5 Å². The molecule has 0 fully saturated rings. The van der Waals surface area contributed by atoms with Crippen LogP contribution in [-0.2, 0) is 21.9 Å². The second kappa shape index (κ2) is 9.39. The minimum absolute atomic E-state index is 0.00134. The Kier molecular flexibility index (Phi) is 6.80. The van der Waals surface area contributed by atoms with Crippen LogP contribution in [0.25, 0.3) is 11.5 Å². The lowest BCUT2D eigenvalue weighted by Gasteiger charge is -2.21. The normalized spacial score (nSPS) is 11.7. The van der Waals surface area contributed by atoms with Gasteiger partial charge in [-0.2, -0.15) is 23.7 Å². The van der Waals surface area contributed by atoms with Crippen molar-refractivity contribution in [2.75, 3.05) is 17.7 Å². The fourth-order valence-electron chi connectivity index (χ4n) is 2.74. The van der Waals surface area contributed by atoms with Gasteiger partial charge in [0.15, 0.2) is 5.82 Å². The van der Waals surface area contributed by atoms with E-state index in [2.05, 4.69) is 35.6 Å². The third kappa shape index (κ3) is 6.86. The van der Waals surface area contributed by atoms with Crippen molar-refractivity contribution in [1.29, 1.82) is 0 Å². The van der Waals surface area contributed by atoms with Gasteiger partial charge in [0.05, 0.1) is 19.2 Å². The van der Waals surface area contributed by atoms with Crippen molar-refractivity contribution >= 4 is 23.6 Å². The fourth-order valence-corrected chi connectivity index (χ4v) is 2.74. The van der Waals surface area contributed by atoms with Gasteiger partial charge in [-0.25, -0.2) is 4.98 Å². The summed E-state index contributed by atoms with van der Waals surface area (Å²) >= 11 is 0. The van der Waals surface area contributed by atoms with Gasteiger partial charge in [-0.3, -0.25) is 9.78 Å². The Morgan fingerprint density at radius 1 is 1.03 bits per heavy atom. The summed E-state index contributed by atoms with van der Waals surface area (Å²) in [5.74, 6) is -2.88. The molecular formula is C22H25F2N7O2. The highest BCUT2D eigenvalue weighted by Gasteiger charge is 2.26. The molecular weight excluding hydrogens is 432 g/mol. The summed E-state index contributed by atoms with van der Waals surface area (Å²) in [6.07, 6.45) is 1.28. The monoisotopic (exact) mass is 457 g/mol. The van der Waals surface area contributed by atoms with Crippen molar-refractivity contribution in [3.8, 4) is 11.5 Å². The number of anilines is 3. The maximum atomic E-state index is 13.7. The number of halogens is 2. The van der Waals surface area contributed by atoms with Crippen LogP contribution in [0.4, 0.5) is 26.4 Å². The van der Waals surface area contributed by atoms with E-state index < -0.39 is 11.9 Å². The van der Waals surface area contributed by atoms with E-state index >= 15 is 0 Å². The van der Waals surface area contributed by atoms with Crippen LogP contribution in [0, 0.1) is 0 Å². The Bertz CT molecular complexity index is 1140. The highest BCUT2D eigenvalue weighted by Crippen LogP contribution is 2.28. The molecule has 0 spiro atoms. The SMILES string of the molecule is COC(=O)Cc1cccc(-c2nc(Nc3ccnc(C(C)(F)F)c3)nc(NC(C)(C)C)n2)n1. The third-order valence-corrected chi connectivity index (χ3v) is 4.18. The zero-order valence-corrected chi connectivity index (χ0v) is 19.0. The number of esters is 1. The molecule has 11 heteroatoms. The number of hydrogen-bond donors (Lipinski definition) is 2. The topological polar surface area (TPSA) is 115 Å². The summed E-state index contributed by atoms with van der Waals surface area (Å²) in [7, 11) is 1.31. The van der Waals surface area contributed by atoms with Gasteiger partial charge in [-0.1, -0.05) is 6.07 Å². The molecule has 0 bridgehead atoms. The summed E-state index contributed by atoms with van der Waals surface area (Å²) in [4.78, 5) is 33.0. The van der Waals surface area contributed by atoms with Crippen molar-refractivity contribution in [3.63, 3.8) is 0 Å². The molecule has 3 aromatic rings. The summed E-state index contributed by atoms with van der Waals surface area (Å²) in [6.45, 7) is 6.60. The van der Waals surface area contributed by atoms with Gasteiger partial charge in [-0.15, -0.1) is 0 Å². The Morgan fingerprint density at radius 2 is 1.76 bits per heavy atom. The van der Waals surface area contributed by atoms with Crippen molar-refractivity contribution in [1.82, 2.24) is 24.9 Å². The second-order valence-corrected chi connectivity index (χ2v) is 8.39. The van der Waals surface area contributed by atoms with Crippen LogP contribution >= 0.6 is 0 Å². The molecule has 0 aliphatic carbocycles. The number of methoxy groups -OCH3 is 1. The van der Waals surface area contributed by atoms with Gasteiger partial charge in [0, 0.05) is 24.3 Å². The van der Waals surface area contributed by atoms with E-state index in [0.717, 1.165) is 6.92 Å². The Balaban J connectivity index is 2.00. The molecule has 0 amide bonds. The predicted molar refractivity (Wildman–Crippen MR) is 119 cm³/mol. The predicted octanol–water partition coefficient (Wildman–Crippen LogP) is 4.11. The first-order chi connectivity index (χ1) is 15.4. The molecule has 0 saturated carbocycles. The van der Waals surface area contributed by atoms with E-state index in [0.29, 0.717) is 17.1 Å². The summed E-state index contributed by atoms with van der Waals surface area (Å²) in [5.41, 5.74) is 0.502. The first-order valence-corrected chi connectivity index (χ1v) is 10.1. The van der Waals surface area contributed by atoms with E-state index in [-0.39, 0.29) is 35.4 Å². The molecule has 0 radical (unpaired) electrons. The van der Waals surface area contributed by atoms with Gasteiger partial charge >= 0.3 is 5.97 Å². The van der Waals surface area contributed by atoms with E-state index in [9.17, 15) is 13.6 Å². The lowest BCUT2D eigenvalue weighted by atomic mass is 10.1. The van der Waals surface area contributed by atoms with E-state index in [1.54, 1.807) is 18.2 Å². The van der Waals surface area contributed by atoms with Crippen molar-refractivity contribution in [2.45, 2.75) is 45.6 Å². The summed E-state index contributed by atoms with van der Waals surface area (Å²) in [5, 5.41) is 6.10. The Hall–Kier alpha value is -3.76. The molecule has 0 aliphatic rings. The second-order valence-electron chi connectivity index (χ2n) is 8.39. The number of aromatic nitrogens is 5. The average molecular weight is 457 g/mol. The standard InChI is InChI=1S/C22H25F2N7O2/c1-21(2,3)31-20-29-18(15-8-6-7-13(26-15)12-17(32)33-5)28-19(30-20)27-14-9-10-25-16(11-14)22(4,23)24/h6-11H,12H2,1-5H3,(H2,25,27,28,29,30,31). The highest BCUT2D eigenvalue weighted by molar-refractivity contribution is 5.72. The zero-order valence-electron chi connectivity index (χ0n) is 19.0. The van der Waals surface area contributed by atoms with Crippen LogP contribution in [-0.4, -0.2) is 43.5 Å². The number of carbonyl (C=O) groups is 1. The smallest absolute Gasteiger partial charge is 0.311 e. The van der Waals surface area contributed by atoms with Crippen LogP contribution in [0.2, 0.25) is 0 Å². The van der Waals surface area contributed by atoms with Crippen molar-refractivity contribution in [3.05, 3.63) is 47.9 Å². The molecule has 0 atom stereocenters. The molecule has 0 aromatic carbocycles. The van der Waals surface area contributed by atoms with Crippen LogP contribution in [0.3, 0.4) is 0 Å². The van der Waals surface area contributed by atoms with E-state index in [4.69, 9.17) is 4.74 Å². The highest BCUT2D eigenvalue weighted by atomic mass is 19.3. The number of hydrogen-bond acceptors (Lipinski definition) is 9. The van der Waals surface area contributed by atoms with Crippen molar-refractivity contribution in [2.24, 2.45) is 0 Å². The molecule has 9 nitrogen and oxygen atoms in total. The Morgan fingerprint density at radius 3 is 2.42 bits per heavy atom. The van der Waals surface area contributed by atoms with Gasteiger partial charge in [0.25, 0.3) is 5.92 Å². The molecule has 2 N–H and O–H groups in total. The molecule has 3 heterocycles. The molecule has 33 heavy (non-hydrogen) atoms. The fraction of sp³-hybridized carbons (Fsp3) is 0.364. The van der Waals surface area contributed by atoms with Gasteiger partial charge < -0.3 is 15.4 Å². The van der Waals surface area contributed by atoms with Gasteiger partial charge in [-0.05, 0) is 45.0 Å². The molecule has 3 aromatic heterocycles. The van der Waals surface area contributed by atoms with Crippen LogP contribution in [0.1, 0.15) is 39.1 Å². The maximum absolute atomic E-state index is 13.7. The number of nitrogens with one attached hydrogen (secondary N) is 2. The molecule has 0 aliphatic heterocycles. The van der Waals surface area contributed by atoms with E-state index in [1.807, 2.05) is 20.8 Å². The lowest BCUT2D eigenvalue weighted by Crippen LogP contribution is -2.27. The summed E-state index contributed by atoms with van der Waals surface area (Å²) < 4.78 is 32.1. The minimum atomic E-state index is -3.09. The Labute approximate surface area is 190 Å². The number of nitrogens with zero attached hydrogens (tertiary/aromatic N) is 5.